The minimum Gasteiger partial charge on any atom is -0.467 e. The zero-order chi connectivity index (χ0) is 12.7. The number of esters is 1. The van der Waals surface area contributed by atoms with Crippen molar-refractivity contribution < 1.29 is 14.3 Å². The van der Waals surface area contributed by atoms with E-state index in [1.807, 2.05) is 27.7 Å². The Morgan fingerprint density at radius 2 is 1.81 bits per heavy atom. The fourth-order valence-corrected chi connectivity index (χ4v) is 1.33. The number of hydrogen-bond donors (Lipinski definition) is 1. The normalized spacial score (nSPS) is 14.4. The summed E-state index contributed by atoms with van der Waals surface area (Å²) in [5.74, 6) is -0.190. The zero-order valence-corrected chi connectivity index (χ0v) is 10.9. The molecule has 0 radical (unpaired) electrons. The van der Waals surface area contributed by atoms with Gasteiger partial charge in [0.2, 0.25) is 5.91 Å². The van der Waals surface area contributed by atoms with Crippen LogP contribution in [-0.4, -0.2) is 25.0 Å². The third-order valence-electron chi connectivity index (χ3n) is 2.57. The van der Waals surface area contributed by atoms with Gasteiger partial charge in [0, 0.05) is 5.92 Å². The predicted molar refractivity (Wildman–Crippen MR) is 62.9 cm³/mol. The number of rotatable bonds is 6. The summed E-state index contributed by atoms with van der Waals surface area (Å²) in [4.78, 5) is 23.1. The lowest BCUT2D eigenvalue weighted by Crippen LogP contribution is -2.44. The minimum absolute atomic E-state index is 0.0701. The maximum Gasteiger partial charge on any atom is 0.328 e. The molecule has 0 bridgehead atoms. The molecule has 0 fully saturated rings. The molecule has 0 aliphatic rings. The first kappa shape index (κ1) is 14.9. The Kier molecular flexibility index (Phi) is 6.77. The second-order valence-electron chi connectivity index (χ2n) is 4.52. The molecule has 0 saturated heterocycles. The maximum absolute atomic E-state index is 11.7. The van der Waals surface area contributed by atoms with Crippen molar-refractivity contribution >= 4 is 11.9 Å². The van der Waals surface area contributed by atoms with Crippen LogP contribution in [0.3, 0.4) is 0 Å². The van der Waals surface area contributed by atoms with E-state index < -0.39 is 6.04 Å². The van der Waals surface area contributed by atoms with E-state index in [0.717, 1.165) is 6.42 Å². The highest BCUT2D eigenvalue weighted by molar-refractivity contribution is 5.85. The molecule has 0 aliphatic carbocycles. The van der Waals surface area contributed by atoms with Gasteiger partial charge in [-0.05, 0) is 18.8 Å². The van der Waals surface area contributed by atoms with Crippen molar-refractivity contribution in [3.05, 3.63) is 0 Å². The van der Waals surface area contributed by atoms with E-state index in [0.29, 0.717) is 12.3 Å². The van der Waals surface area contributed by atoms with E-state index in [1.165, 1.54) is 7.11 Å². The lowest BCUT2D eigenvalue weighted by atomic mass is 10.0. The molecule has 0 aliphatic heterocycles. The Balaban J connectivity index is 4.42. The summed E-state index contributed by atoms with van der Waals surface area (Å²) >= 11 is 0. The Bertz CT molecular complexity index is 238. The molecule has 0 heterocycles. The molecule has 0 rings (SSSR count). The quantitative estimate of drug-likeness (QED) is 0.706. The van der Waals surface area contributed by atoms with Gasteiger partial charge >= 0.3 is 5.97 Å². The van der Waals surface area contributed by atoms with Crippen molar-refractivity contribution in [2.24, 2.45) is 11.8 Å². The average Bonchev–Trinajstić information content (AvgIpc) is 2.25. The molecule has 0 aromatic rings. The first-order valence-corrected chi connectivity index (χ1v) is 5.80. The monoisotopic (exact) mass is 229 g/mol. The van der Waals surface area contributed by atoms with Crippen LogP contribution in [0.4, 0.5) is 0 Å². The molecule has 1 N–H and O–H groups in total. The van der Waals surface area contributed by atoms with Crippen LogP contribution in [0.15, 0.2) is 0 Å². The van der Waals surface area contributed by atoms with Crippen molar-refractivity contribution in [2.45, 2.75) is 46.6 Å². The number of ether oxygens (including phenoxy) is 1. The van der Waals surface area contributed by atoms with Gasteiger partial charge < -0.3 is 10.1 Å². The SMILES string of the molecule is CCC(C)C(=O)NC(CC(C)C)C(=O)OC. The van der Waals surface area contributed by atoms with Crippen molar-refractivity contribution in [1.29, 1.82) is 0 Å². The molecule has 0 aromatic carbocycles. The van der Waals surface area contributed by atoms with E-state index in [4.69, 9.17) is 0 Å². The molecule has 1 amide bonds. The van der Waals surface area contributed by atoms with E-state index >= 15 is 0 Å². The summed E-state index contributed by atoms with van der Waals surface area (Å²) in [6.07, 6.45) is 1.37. The zero-order valence-electron chi connectivity index (χ0n) is 10.9. The topological polar surface area (TPSA) is 55.4 Å². The number of carbonyl (C=O) groups is 2. The van der Waals surface area contributed by atoms with Crippen LogP contribution in [0.5, 0.6) is 0 Å². The lowest BCUT2D eigenvalue weighted by molar-refractivity contribution is -0.146. The number of amides is 1. The van der Waals surface area contributed by atoms with Gasteiger partial charge in [-0.3, -0.25) is 4.79 Å². The largest absolute Gasteiger partial charge is 0.467 e. The predicted octanol–water partition coefficient (Wildman–Crippen LogP) is 1.74. The standard InChI is InChI=1S/C12H23NO3/c1-6-9(4)11(14)13-10(7-8(2)3)12(15)16-5/h8-10H,6-7H2,1-5H3,(H,13,14). The third kappa shape index (κ3) is 5.14. The van der Waals surface area contributed by atoms with Crippen LogP contribution in [0.1, 0.15) is 40.5 Å². The molecule has 94 valence electrons. The van der Waals surface area contributed by atoms with Crippen molar-refractivity contribution in [3.63, 3.8) is 0 Å². The molecule has 4 heteroatoms. The molecule has 2 unspecified atom stereocenters. The minimum atomic E-state index is -0.522. The second kappa shape index (κ2) is 7.25. The van der Waals surface area contributed by atoms with Crippen LogP contribution < -0.4 is 5.32 Å². The van der Waals surface area contributed by atoms with Gasteiger partial charge in [-0.2, -0.15) is 0 Å². The Morgan fingerprint density at radius 3 is 2.19 bits per heavy atom. The first-order chi connectivity index (χ1) is 7.42. The Morgan fingerprint density at radius 1 is 1.25 bits per heavy atom. The Labute approximate surface area is 97.7 Å². The van der Waals surface area contributed by atoms with Gasteiger partial charge in [-0.15, -0.1) is 0 Å². The summed E-state index contributed by atoms with van der Waals surface area (Å²) in [6, 6.07) is -0.522. The summed E-state index contributed by atoms with van der Waals surface area (Å²) in [7, 11) is 1.34. The molecule has 2 atom stereocenters. The summed E-state index contributed by atoms with van der Waals surface area (Å²) < 4.78 is 4.67. The fourth-order valence-electron chi connectivity index (χ4n) is 1.33. The highest BCUT2D eigenvalue weighted by atomic mass is 16.5. The van der Waals surface area contributed by atoms with Crippen LogP contribution in [0, 0.1) is 11.8 Å². The number of hydrogen-bond acceptors (Lipinski definition) is 3. The highest BCUT2D eigenvalue weighted by Gasteiger charge is 2.24. The molecule has 16 heavy (non-hydrogen) atoms. The Hall–Kier alpha value is -1.06. The molecule has 0 aromatic heterocycles. The van der Waals surface area contributed by atoms with E-state index in [2.05, 4.69) is 10.1 Å². The van der Waals surface area contributed by atoms with Crippen molar-refractivity contribution in [3.8, 4) is 0 Å². The van der Waals surface area contributed by atoms with Gasteiger partial charge in [-0.1, -0.05) is 27.7 Å². The third-order valence-corrected chi connectivity index (χ3v) is 2.57. The first-order valence-electron chi connectivity index (χ1n) is 5.80. The van der Waals surface area contributed by atoms with Crippen molar-refractivity contribution in [1.82, 2.24) is 5.32 Å². The molecular formula is C12H23NO3. The van der Waals surface area contributed by atoms with Crippen molar-refractivity contribution in [2.75, 3.05) is 7.11 Å². The van der Waals surface area contributed by atoms with Gasteiger partial charge in [-0.25, -0.2) is 4.79 Å². The molecule has 0 saturated carbocycles. The van der Waals surface area contributed by atoms with E-state index in [-0.39, 0.29) is 17.8 Å². The number of nitrogens with one attached hydrogen (secondary N) is 1. The summed E-state index contributed by atoms with van der Waals surface area (Å²) in [6.45, 7) is 7.80. The van der Waals surface area contributed by atoms with E-state index in [1.54, 1.807) is 0 Å². The smallest absolute Gasteiger partial charge is 0.328 e. The van der Waals surface area contributed by atoms with Crippen LogP contribution in [-0.2, 0) is 14.3 Å². The number of methoxy groups -OCH3 is 1. The number of carbonyl (C=O) groups excluding carboxylic acids is 2. The second-order valence-corrected chi connectivity index (χ2v) is 4.52. The van der Waals surface area contributed by atoms with Gasteiger partial charge in [0.25, 0.3) is 0 Å². The van der Waals surface area contributed by atoms with Gasteiger partial charge in [0.05, 0.1) is 7.11 Å². The lowest BCUT2D eigenvalue weighted by Gasteiger charge is -2.20. The van der Waals surface area contributed by atoms with Crippen LogP contribution in [0.2, 0.25) is 0 Å². The highest BCUT2D eigenvalue weighted by Crippen LogP contribution is 2.08. The molecule has 0 spiro atoms. The summed E-state index contributed by atoms with van der Waals surface area (Å²) in [5.41, 5.74) is 0. The van der Waals surface area contributed by atoms with E-state index in [9.17, 15) is 9.59 Å². The van der Waals surface area contributed by atoms with Gasteiger partial charge in [0.15, 0.2) is 0 Å². The maximum atomic E-state index is 11.7. The fraction of sp³-hybridized carbons (Fsp3) is 0.833. The van der Waals surface area contributed by atoms with Crippen LogP contribution >= 0.6 is 0 Å². The molecule has 4 nitrogen and oxygen atoms in total. The summed E-state index contributed by atoms with van der Waals surface area (Å²) in [5, 5.41) is 2.74. The average molecular weight is 229 g/mol. The van der Waals surface area contributed by atoms with Crippen LogP contribution in [0.25, 0.3) is 0 Å². The molecular weight excluding hydrogens is 206 g/mol. The van der Waals surface area contributed by atoms with Gasteiger partial charge in [0.1, 0.15) is 6.04 Å².